The Hall–Kier alpha value is -2.72. The van der Waals surface area contributed by atoms with E-state index >= 15 is 0 Å². The summed E-state index contributed by atoms with van der Waals surface area (Å²) in [5.41, 5.74) is 5.85. The minimum atomic E-state index is -0.957. The van der Waals surface area contributed by atoms with Crippen LogP contribution in [0.1, 0.15) is 37.6 Å². The Morgan fingerprint density at radius 2 is 2.06 bits per heavy atom. The Morgan fingerprint density at radius 3 is 2.73 bits per heavy atom. The highest BCUT2D eigenvalue weighted by molar-refractivity contribution is 8.00. The maximum absolute atomic E-state index is 14.8. The Morgan fingerprint density at radius 1 is 1.33 bits per heavy atom. The van der Waals surface area contributed by atoms with Crippen molar-refractivity contribution >= 4 is 45.3 Å². The number of hydrogen-bond donors (Lipinski definition) is 2. The zero-order valence-corrected chi connectivity index (χ0v) is 20.2. The van der Waals surface area contributed by atoms with Gasteiger partial charge in [0.25, 0.3) is 5.56 Å². The van der Waals surface area contributed by atoms with E-state index in [-0.39, 0.29) is 22.3 Å². The summed E-state index contributed by atoms with van der Waals surface area (Å²) in [4.78, 5) is 44.2. The van der Waals surface area contributed by atoms with Gasteiger partial charge in [-0.3, -0.25) is 19.5 Å². The van der Waals surface area contributed by atoms with Crippen LogP contribution in [0.25, 0.3) is 15.9 Å². The molecule has 0 spiro atoms. The van der Waals surface area contributed by atoms with Crippen molar-refractivity contribution in [1.29, 1.82) is 0 Å². The van der Waals surface area contributed by atoms with Gasteiger partial charge in [-0.2, -0.15) is 0 Å². The van der Waals surface area contributed by atoms with Gasteiger partial charge < -0.3 is 5.73 Å². The molecule has 1 aromatic carbocycles. The van der Waals surface area contributed by atoms with Gasteiger partial charge in [0.15, 0.2) is 5.16 Å². The van der Waals surface area contributed by atoms with Gasteiger partial charge in [-0.25, -0.2) is 14.2 Å². The molecule has 0 bridgehead atoms. The SMILES string of the molecule is CC(C)[C@H](Sc1nc2sc3c(c2c(=O)n1-c1ccccc1F)CC[C@H](C)C3)C(=O)NC(N)=O. The highest BCUT2D eigenvalue weighted by atomic mass is 32.2. The molecule has 174 valence electrons. The van der Waals surface area contributed by atoms with Crippen LogP contribution in [-0.2, 0) is 17.6 Å². The maximum atomic E-state index is 14.8. The van der Waals surface area contributed by atoms with Gasteiger partial charge in [0.2, 0.25) is 5.91 Å². The summed E-state index contributed by atoms with van der Waals surface area (Å²) in [7, 11) is 0. The second kappa shape index (κ2) is 9.26. The molecule has 0 aliphatic heterocycles. The fourth-order valence-electron chi connectivity index (χ4n) is 4.09. The Labute approximate surface area is 198 Å². The first kappa shape index (κ1) is 23.4. The van der Waals surface area contributed by atoms with Gasteiger partial charge in [-0.1, -0.05) is 44.7 Å². The zero-order chi connectivity index (χ0) is 23.9. The van der Waals surface area contributed by atoms with Gasteiger partial charge in [0, 0.05) is 4.88 Å². The number of benzene rings is 1. The molecule has 33 heavy (non-hydrogen) atoms. The van der Waals surface area contributed by atoms with Crippen molar-refractivity contribution in [3.63, 3.8) is 0 Å². The number of amides is 3. The summed E-state index contributed by atoms with van der Waals surface area (Å²) in [6.45, 7) is 5.81. The summed E-state index contributed by atoms with van der Waals surface area (Å²) < 4.78 is 16.1. The van der Waals surface area contributed by atoms with Crippen LogP contribution in [-0.4, -0.2) is 26.7 Å². The van der Waals surface area contributed by atoms with Crippen molar-refractivity contribution < 1.29 is 14.0 Å². The third kappa shape index (κ3) is 4.54. The predicted molar refractivity (Wildman–Crippen MR) is 129 cm³/mol. The predicted octanol–water partition coefficient (Wildman–Crippen LogP) is 4.02. The van der Waals surface area contributed by atoms with Crippen molar-refractivity contribution in [2.45, 2.75) is 50.4 Å². The second-order valence-corrected chi connectivity index (χ2v) is 10.8. The third-order valence-electron chi connectivity index (χ3n) is 5.73. The molecule has 2 atom stereocenters. The van der Waals surface area contributed by atoms with E-state index < -0.39 is 23.0 Å². The number of urea groups is 1. The molecule has 10 heteroatoms. The van der Waals surface area contributed by atoms with Crippen molar-refractivity contribution in [3.8, 4) is 5.69 Å². The minimum absolute atomic E-state index is 0.0707. The number of halogens is 1. The molecule has 1 aliphatic carbocycles. The van der Waals surface area contributed by atoms with Crippen molar-refractivity contribution in [2.75, 3.05) is 0 Å². The summed E-state index contributed by atoms with van der Waals surface area (Å²) in [6.07, 6.45) is 2.65. The largest absolute Gasteiger partial charge is 0.351 e. The Kier molecular flexibility index (Phi) is 6.58. The van der Waals surface area contributed by atoms with E-state index in [0.717, 1.165) is 41.5 Å². The van der Waals surface area contributed by atoms with Crippen LogP contribution in [0.15, 0.2) is 34.2 Å². The van der Waals surface area contributed by atoms with Crippen molar-refractivity contribution in [3.05, 3.63) is 50.9 Å². The van der Waals surface area contributed by atoms with E-state index in [1.807, 2.05) is 13.8 Å². The van der Waals surface area contributed by atoms with Crippen LogP contribution in [0.3, 0.4) is 0 Å². The molecule has 0 unspecified atom stereocenters. The number of rotatable bonds is 5. The standard InChI is InChI=1S/C23H25FN4O3S2/c1-11(2)18(19(29)26-22(25)31)33-23-27-20-17(13-9-8-12(3)10-16(13)32-20)21(30)28(23)15-7-5-4-6-14(15)24/h4-7,11-12,18H,8-10H2,1-3H3,(H3,25,26,29,31)/t12-,18-/m0/s1. The number of carbonyl (C=O) groups is 2. The van der Waals surface area contributed by atoms with E-state index in [9.17, 15) is 18.8 Å². The number of para-hydroxylation sites is 1. The van der Waals surface area contributed by atoms with Crippen LogP contribution >= 0.6 is 23.1 Å². The number of carbonyl (C=O) groups excluding carboxylic acids is 2. The lowest BCUT2D eigenvalue weighted by atomic mass is 9.89. The van der Waals surface area contributed by atoms with E-state index in [0.29, 0.717) is 16.1 Å². The molecule has 3 amide bonds. The maximum Gasteiger partial charge on any atom is 0.318 e. The molecular formula is C23H25FN4O3S2. The molecule has 7 nitrogen and oxygen atoms in total. The summed E-state index contributed by atoms with van der Waals surface area (Å²) in [5, 5.41) is 2.06. The molecule has 0 saturated carbocycles. The topological polar surface area (TPSA) is 107 Å². The first-order valence-corrected chi connectivity index (χ1v) is 12.5. The summed E-state index contributed by atoms with van der Waals surface area (Å²) >= 11 is 2.51. The molecule has 0 fully saturated rings. The van der Waals surface area contributed by atoms with Gasteiger partial charge in [-0.05, 0) is 48.8 Å². The molecule has 2 heterocycles. The molecule has 3 N–H and O–H groups in total. The number of thioether (sulfide) groups is 1. The molecule has 0 radical (unpaired) electrons. The fourth-order valence-corrected chi connectivity index (χ4v) is 6.62. The number of nitrogens with two attached hydrogens (primary N) is 1. The number of thiophene rings is 1. The zero-order valence-electron chi connectivity index (χ0n) is 18.6. The fraction of sp³-hybridized carbons (Fsp3) is 0.391. The molecule has 4 rings (SSSR count). The number of aromatic nitrogens is 2. The number of imide groups is 1. The first-order valence-electron chi connectivity index (χ1n) is 10.8. The molecule has 1 aliphatic rings. The number of aryl methyl sites for hydroxylation is 1. The smallest absolute Gasteiger partial charge is 0.318 e. The highest BCUT2D eigenvalue weighted by Gasteiger charge is 2.30. The molecule has 3 aromatic rings. The lowest BCUT2D eigenvalue weighted by Crippen LogP contribution is -2.42. The molecular weight excluding hydrogens is 463 g/mol. The minimum Gasteiger partial charge on any atom is -0.351 e. The van der Waals surface area contributed by atoms with Crippen LogP contribution in [0, 0.1) is 17.7 Å². The number of fused-ring (bicyclic) bond motifs is 3. The number of nitrogens with zero attached hydrogens (tertiary/aromatic N) is 2. The Balaban J connectivity index is 1.93. The van der Waals surface area contributed by atoms with E-state index in [2.05, 4.69) is 12.2 Å². The van der Waals surface area contributed by atoms with Gasteiger partial charge in [0.1, 0.15) is 10.6 Å². The molecule has 2 aromatic heterocycles. The van der Waals surface area contributed by atoms with Crippen molar-refractivity contribution in [1.82, 2.24) is 14.9 Å². The average Bonchev–Trinajstić information content (AvgIpc) is 3.09. The highest BCUT2D eigenvalue weighted by Crippen LogP contribution is 2.38. The van der Waals surface area contributed by atoms with Crippen LogP contribution in [0.5, 0.6) is 0 Å². The molecule has 0 saturated heterocycles. The summed E-state index contributed by atoms with van der Waals surface area (Å²) in [6, 6.07) is 5.04. The third-order valence-corrected chi connectivity index (χ3v) is 8.38. The van der Waals surface area contributed by atoms with E-state index in [4.69, 9.17) is 10.7 Å². The number of hydrogen-bond acceptors (Lipinski definition) is 6. The van der Waals surface area contributed by atoms with Gasteiger partial charge >= 0.3 is 6.03 Å². The van der Waals surface area contributed by atoms with Crippen LogP contribution < -0.4 is 16.6 Å². The van der Waals surface area contributed by atoms with E-state index in [1.165, 1.54) is 28.0 Å². The number of nitrogens with one attached hydrogen (secondary N) is 1. The lowest BCUT2D eigenvalue weighted by molar-refractivity contribution is -0.120. The van der Waals surface area contributed by atoms with E-state index in [1.54, 1.807) is 12.1 Å². The Bertz CT molecular complexity index is 1300. The van der Waals surface area contributed by atoms with Gasteiger partial charge in [0.05, 0.1) is 16.3 Å². The normalized spacial score (nSPS) is 16.6. The van der Waals surface area contributed by atoms with Crippen LogP contribution in [0.4, 0.5) is 9.18 Å². The second-order valence-electron chi connectivity index (χ2n) is 8.65. The number of primary amides is 1. The van der Waals surface area contributed by atoms with Gasteiger partial charge in [-0.15, -0.1) is 11.3 Å². The van der Waals surface area contributed by atoms with Crippen molar-refractivity contribution in [2.24, 2.45) is 17.6 Å². The monoisotopic (exact) mass is 488 g/mol. The summed E-state index contributed by atoms with van der Waals surface area (Å²) in [5.74, 6) is -0.844. The lowest BCUT2D eigenvalue weighted by Gasteiger charge is -2.21. The first-order chi connectivity index (χ1) is 15.7. The average molecular weight is 489 g/mol. The quantitative estimate of drug-likeness (QED) is 0.417. The van der Waals surface area contributed by atoms with Crippen LogP contribution in [0.2, 0.25) is 0 Å².